The van der Waals surface area contributed by atoms with Crippen LogP contribution in [-0.4, -0.2) is 61.5 Å². The van der Waals surface area contributed by atoms with Crippen molar-refractivity contribution in [3.63, 3.8) is 0 Å². The minimum absolute atomic E-state index is 0.314. The molecule has 0 amide bonds. The minimum Gasteiger partial charge on any atom is -0.383 e. The number of hydrogen-bond donors (Lipinski definition) is 3. The fourth-order valence-electron chi connectivity index (χ4n) is 4.23. The molecule has 2 aromatic heterocycles. The molecular weight excluding hydrogens is 488 g/mol. The molecule has 0 bridgehead atoms. The molecule has 1 aliphatic rings. The number of hydrogen-bond acceptors (Lipinski definition) is 9. The molecule has 37 heavy (non-hydrogen) atoms. The molecule has 190 valence electrons. The van der Waals surface area contributed by atoms with Gasteiger partial charge in [0.05, 0.1) is 5.69 Å². The van der Waals surface area contributed by atoms with Crippen molar-refractivity contribution in [3.05, 3.63) is 72.8 Å². The molecular formula is C26H28N8O2S. The van der Waals surface area contributed by atoms with Crippen molar-refractivity contribution >= 4 is 49.8 Å². The number of likely N-dealkylation sites (N-methyl/N-ethyl adjacent to an activating group) is 1. The van der Waals surface area contributed by atoms with Crippen LogP contribution in [0.5, 0.6) is 0 Å². The van der Waals surface area contributed by atoms with E-state index in [0.717, 1.165) is 37.3 Å². The van der Waals surface area contributed by atoms with E-state index < -0.39 is 10.0 Å². The zero-order valence-corrected chi connectivity index (χ0v) is 21.2. The molecule has 3 heterocycles. The summed E-state index contributed by atoms with van der Waals surface area (Å²) in [6, 6.07) is 16.8. The van der Waals surface area contributed by atoms with Crippen LogP contribution < -0.4 is 20.7 Å². The molecule has 5 rings (SSSR count). The number of piperazine rings is 1. The fourth-order valence-corrected chi connectivity index (χ4v) is 4.77. The average Bonchev–Trinajstić information content (AvgIpc) is 2.89. The Kier molecular flexibility index (Phi) is 6.64. The number of nitrogen functional groups attached to an aromatic ring is 1. The lowest BCUT2D eigenvalue weighted by molar-refractivity contribution is 0.313. The number of sulfonamides is 1. The van der Waals surface area contributed by atoms with Crippen LogP contribution >= 0.6 is 0 Å². The summed E-state index contributed by atoms with van der Waals surface area (Å²) in [5.74, 6) is 0.656. The van der Waals surface area contributed by atoms with Crippen molar-refractivity contribution in [2.45, 2.75) is 0 Å². The van der Waals surface area contributed by atoms with Gasteiger partial charge in [0.25, 0.3) is 10.0 Å². The first-order chi connectivity index (χ1) is 17.8. The maximum Gasteiger partial charge on any atom is 0.254 e. The van der Waals surface area contributed by atoms with Crippen LogP contribution in [0.2, 0.25) is 0 Å². The molecule has 10 nitrogen and oxygen atoms in total. The number of nitrogens with zero attached hydrogens (tertiary/aromatic N) is 5. The molecule has 11 heteroatoms. The number of pyridine rings is 1. The van der Waals surface area contributed by atoms with Gasteiger partial charge in [-0.05, 0) is 49.5 Å². The van der Waals surface area contributed by atoms with Gasteiger partial charge in [0.2, 0.25) is 5.95 Å². The summed E-state index contributed by atoms with van der Waals surface area (Å²) in [6.45, 7) is 7.42. The van der Waals surface area contributed by atoms with Crippen molar-refractivity contribution in [3.8, 4) is 11.3 Å². The highest BCUT2D eigenvalue weighted by Gasteiger charge is 2.16. The van der Waals surface area contributed by atoms with Gasteiger partial charge in [-0.3, -0.25) is 9.71 Å². The fraction of sp³-hybridized carbons (Fsp3) is 0.192. The first kappa shape index (κ1) is 24.5. The van der Waals surface area contributed by atoms with Crippen molar-refractivity contribution < 1.29 is 8.42 Å². The molecule has 0 spiro atoms. The number of rotatable bonds is 7. The number of fused-ring (bicyclic) bond motifs is 1. The third-order valence-electron chi connectivity index (χ3n) is 6.25. The van der Waals surface area contributed by atoms with Crippen LogP contribution in [0.15, 0.2) is 72.8 Å². The van der Waals surface area contributed by atoms with Gasteiger partial charge in [-0.1, -0.05) is 18.7 Å². The van der Waals surface area contributed by atoms with Crippen molar-refractivity contribution in [2.24, 2.45) is 0 Å². The summed E-state index contributed by atoms with van der Waals surface area (Å²) in [7, 11) is -1.50. The van der Waals surface area contributed by atoms with E-state index >= 15 is 0 Å². The van der Waals surface area contributed by atoms with Crippen molar-refractivity contribution in [1.29, 1.82) is 0 Å². The second kappa shape index (κ2) is 10.0. The third kappa shape index (κ3) is 5.47. The first-order valence-electron chi connectivity index (χ1n) is 11.8. The quantitative estimate of drug-likeness (QED) is 0.337. The van der Waals surface area contributed by atoms with Crippen LogP contribution in [0, 0.1) is 0 Å². The number of benzene rings is 2. The molecule has 1 aliphatic heterocycles. The maximum atomic E-state index is 11.9. The smallest absolute Gasteiger partial charge is 0.254 e. The molecule has 0 radical (unpaired) electrons. The van der Waals surface area contributed by atoms with Gasteiger partial charge in [-0.15, -0.1) is 0 Å². The molecule has 0 unspecified atom stereocenters. The summed E-state index contributed by atoms with van der Waals surface area (Å²) >= 11 is 0. The van der Waals surface area contributed by atoms with Gasteiger partial charge in [-0.25, -0.2) is 13.4 Å². The second-order valence-corrected chi connectivity index (χ2v) is 10.5. The number of aromatic nitrogens is 3. The van der Waals surface area contributed by atoms with Gasteiger partial charge in [0.1, 0.15) is 11.3 Å². The van der Waals surface area contributed by atoms with Crippen LogP contribution in [0.3, 0.4) is 0 Å². The summed E-state index contributed by atoms with van der Waals surface area (Å²) < 4.78 is 26.3. The van der Waals surface area contributed by atoms with E-state index in [4.69, 9.17) is 10.7 Å². The normalized spacial score (nSPS) is 14.5. The van der Waals surface area contributed by atoms with E-state index in [1.807, 2.05) is 18.2 Å². The standard InChI is InChI=1S/C26H28N8O2S/c1-3-37(35,36)32-20-6-4-5-18(17-20)23-24-22(11-12-28-23)25(27)31-26(30-24)29-19-7-9-21(10-8-19)34-15-13-33(2)14-16-34/h3-12,17,32H,1,13-16H2,2H3,(H3,27,29,30,31). The summed E-state index contributed by atoms with van der Waals surface area (Å²) in [4.78, 5) is 18.4. The molecule has 0 aliphatic carbocycles. The monoisotopic (exact) mass is 516 g/mol. The van der Waals surface area contributed by atoms with E-state index in [0.29, 0.717) is 39.6 Å². The highest BCUT2D eigenvalue weighted by Crippen LogP contribution is 2.31. The number of nitrogens with one attached hydrogen (secondary N) is 2. The lowest BCUT2D eigenvalue weighted by Crippen LogP contribution is -2.44. The Bertz CT molecular complexity index is 1550. The molecule has 0 saturated carbocycles. The Morgan fingerprint density at radius 1 is 1.00 bits per heavy atom. The summed E-state index contributed by atoms with van der Waals surface area (Å²) in [5.41, 5.74) is 10.5. The highest BCUT2D eigenvalue weighted by molar-refractivity contribution is 7.95. The van der Waals surface area contributed by atoms with Crippen LogP contribution in [0.25, 0.3) is 22.2 Å². The minimum atomic E-state index is -3.64. The molecule has 0 atom stereocenters. The van der Waals surface area contributed by atoms with Gasteiger partial charge in [0, 0.05) is 65.8 Å². The number of anilines is 5. The predicted octanol–water partition coefficient (Wildman–Crippen LogP) is 3.65. The van der Waals surface area contributed by atoms with Gasteiger partial charge in [0.15, 0.2) is 0 Å². The first-order valence-corrected chi connectivity index (χ1v) is 13.3. The van der Waals surface area contributed by atoms with Gasteiger partial charge in [-0.2, -0.15) is 4.98 Å². The van der Waals surface area contributed by atoms with Crippen LogP contribution in [0.4, 0.5) is 28.8 Å². The van der Waals surface area contributed by atoms with E-state index in [1.54, 1.807) is 30.5 Å². The lowest BCUT2D eigenvalue weighted by atomic mass is 10.1. The topological polar surface area (TPSA) is 129 Å². The predicted molar refractivity (Wildman–Crippen MR) is 149 cm³/mol. The largest absolute Gasteiger partial charge is 0.383 e. The van der Waals surface area contributed by atoms with E-state index in [1.165, 1.54) is 5.69 Å². The number of nitrogens with two attached hydrogens (primary N) is 1. The van der Waals surface area contributed by atoms with Gasteiger partial charge < -0.3 is 20.9 Å². The zero-order chi connectivity index (χ0) is 26.0. The molecule has 1 saturated heterocycles. The molecule has 1 fully saturated rings. The van der Waals surface area contributed by atoms with E-state index in [2.05, 4.69) is 55.6 Å². The summed E-state index contributed by atoms with van der Waals surface area (Å²) in [6.07, 6.45) is 1.63. The Balaban J connectivity index is 1.44. The van der Waals surface area contributed by atoms with Crippen molar-refractivity contribution in [1.82, 2.24) is 19.9 Å². The van der Waals surface area contributed by atoms with E-state index in [9.17, 15) is 8.42 Å². The Labute approximate surface area is 215 Å². The van der Waals surface area contributed by atoms with Crippen LogP contribution in [0.1, 0.15) is 0 Å². The van der Waals surface area contributed by atoms with Crippen LogP contribution in [-0.2, 0) is 10.0 Å². The Morgan fingerprint density at radius 3 is 2.49 bits per heavy atom. The second-order valence-electron chi connectivity index (χ2n) is 8.84. The zero-order valence-electron chi connectivity index (χ0n) is 20.4. The molecule has 4 aromatic rings. The molecule has 2 aromatic carbocycles. The maximum absolute atomic E-state index is 11.9. The third-order valence-corrected chi connectivity index (χ3v) is 7.21. The van der Waals surface area contributed by atoms with Gasteiger partial charge >= 0.3 is 0 Å². The highest BCUT2D eigenvalue weighted by atomic mass is 32.2. The summed E-state index contributed by atoms with van der Waals surface area (Å²) in [5, 5.41) is 4.75. The van der Waals surface area contributed by atoms with E-state index in [-0.39, 0.29) is 0 Å². The molecule has 4 N–H and O–H groups in total. The lowest BCUT2D eigenvalue weighted by Gasteiger charge is -2.34. The Morgan fingerprint density at radius 2 is 1.76 bits per heavy atom. The average molecular weight is 517 g/mol. The SMILES string of the molecule is C=CS(=O)(=O)Nc1cccc(-c2nccc3c(N)nc(Nc4ccc(N5CCN(C)CC5)cc4)nc23)c1. The van der Waals surface area contributed by atoms with Crippen molar-refractivity contribution in [2.75, 3.05) is 53.9 Å². The Hall–Kier alpha value is -4.22.